The van der Waals surface area contributed by atoms with Crippen LogP contribution in [0.3, 0.4) is 0 Å². The van der Waals surface area contributed by atoms with Crippen molar-refractivity contribution in [2.24, 2.45) is 0 Å². The average molecular weight is 293 g/mol. The van der Waals surface area contributed by atoms with Crippen molar-refractivity contribution >= 4 is 5.91 Å². The number of carbonyl (C=O) groups excluding carboxylic acids is 1. The predicted octanol–water partition coefficient (Wildman–Crippen LogP) is 1.06. The molecule has 8 heteroatoms. The first kappa shape index (κ1) is 16.5. The lowest BCUT2D eigenvalue weighted by atomic mass is 10.1. The second-order valence-corrected chi connectivity index (χ2v) is 4.65. The third-order valence-electron chi connectivity index (χ3n) is 3.02. The molecule has 0 atom stereocenters. The number of aliphatic hydroxyl groups is 1. The van der Waals surface area contributed by atoms with Crippen molar-refractivity contribution in [1.29, 1.82) is 0 Å². The molecule has 1 amide bonds. The zero-order chi connectivity index (χ0) is 15.5. The molecule has 0 aliphatic rings. The van der Waals surface area contributed by atoms with Crippen LogP contribution in [-0.4, -0.2) is 52.1 Å². The van der Waals surface area contributed by atoms with E-state index < -0.39 is 18.6 Å². The quantitative estimate of drug-likeness (QED) is 0.883. The van der Waals surface area contributed by atoms with Gasteiger partial charge >= 0.3 is 6.18 Å². The molecule has 20 heavy (non-hydrogen) atoms. The fourth-order valence-electron chi connectivity index (χ4n) is 1.97. The van der Waals surface area contributed by atoms with Gasteiger partial charge in [0.05, 0.1) is 5.69 Å². The topological polar surface area (TPSA) is 58.4 Å². The molecule has 1 aromatic rings. The minimum Gasteiger partial charge on any atom is -0.396 e. The Kier molecular flexibility index (Phi) is 5.15. The number of aryl methyl sites for hydroxylation is 1. The van der Waals surface area contributed by atoms with Crippen molar-refractivity contribution in [3.8, 4) is 0 Å². The van der Waals surface area contributed by atoms with E-state index in [1.165, 1.54) is 4.68 Å². The van der Waals surface area contributed by atoms with Crippen molar-refractivity contribution in [1.82, 2.24) is 14.7 Å². The smallest absolute Gasteiger partial charge is 0.396 e. The Hall–Kier alpha value is -1.57. The zero-order valence-corrected chi connectivity index (χ0v) is 11.7. The molecule has 0 spiro atoms. The van der Waals surface area contributed by atoms with Crippen molar-refractivity contribution in [2.45, 2.75) is 33.0 Å². The minimum atomic E-state index is -4.42. The number of alkyl halides is 3. The van der Waals surface area contributed by atoms with Crippen LogP contribution in [0.25, 0.3) is 0 Å². The first-order valence-corrected chi connectivity index (χ1v) is 6.10. The van der Waals surface area contributed by atoms with Crippen LogP contribution in [-0.2, 0) is 17.8 Å². The van der Waals surface area contributed by atoms with Gasteiger partial charge in [0.25, 0.3) is 0 Å². The molecule has 0 unspecified atom stereocenters. The lowest BCUT2D eigenvalue weighted by Gasteiger charge is -2.19. The van der Waals surface area contributed by atoms with Gasteiger partial charge in [0, 0.05) is 19.3 Å². The molecule has 0 radical (unpaired) electrons. The Bertz CT molecular complexity index is 483. The summed E-state index contributed by atoms with van der Waals surface area (Å²) in [5.74, 6) is -0.663. The van der Waals surface area contributed by atoms with E-state index in [4.69, 9.17) is 5.11 Å². The second kappa shape index (κ2) is 6.25. The molecule has 1 N–H and O–H groups in total. The van der Waals surface area contributed by atoms with E-state index in [1.54, 1.807) is 13.8 Å². The van der Waals surface area contributed by atoms with E-state index in [1.807, 2.05) is 0 Å². The van der Waals surface area contributed by atoms with Gasteiger partial charge in [-0.2, -0.15) is 18.3 Å². The monoisotopic (exact) mass is 293 g/mol. The first-order chi connectivity index (χ1) is 9.15. The number of nitrogens with zero attached hydrogens (tertiary/aromatic N) is 3. The van der Waals surface area contributed by atoms with Gasteiger partial charge in [-0.3, -0.25) is 9.48 Å². The first-order valence-electron chi connectivity index (χ1n) is 6.10. The Morgan fingerprint density at radius 3 is 2.50 bits per heavy atom. The summed E-state index contributed by atoms with van der Waals surface area (Å²) < 4.78 is 38.0. The van der Waals surface area contributed by atoms with Crippen LogP contribution in [0.5, 0.6) is 0 Å². The molecule has 0 bridgehead atoms. The number of aromatic nitrogens is 2. The molecule has 1 rings (SSSR count). The largest absolute Gasteiger partial charge is 0.406 e. The van der Waals surface area contributed by atoms with Crippen LogP contribution in [0.4, 0.5) is 13.2 Å². The molecule has 0 aliphatic carbocycles. The van der Waals surface area contributed by atoms with Crippen LogP contribution >= 0.6 is 0 Å². The molecule has 5 nitrogen and oxygen atoms in total. The summed E-state index contributed by atoms with van der Waals surface area (Å²) in [5, 5.41) is 13.1. The van der Waals surface area contributed by atoms with E-state index in [9.17, 15) is 18.0 Å². The summed E-state index contributed by atoms with van der Waals surface area (Å²) in [5.41, 5.74) is 2.17. The maximum Gasteiger partial charge on any atom is 0.406 e. The third-order valence-corrected chi connectivity index (χ3v) is 3.02. The standard InChI is InChI=1S/C12H18F3N3O2/c1-8-10(4-5-19)9(2)18(16-8)6-11(20)17(3)7-12(13,14)15/h19H,4-7H2,1-3H3. The minimum absolute atomic E-state index is 0.0463. The number of hydrogen-bond donors (Lipinski definition) is 1. The van der Waals surface area contributed by atoms with Crippen LogP contribution in [0.1, 0.15) is 17.0 Å². The molecule has 1 aromatic heterocycles. The van der Waals surface area contributed by atoms with Gasteiger partial charge in [-0.05, 0) is 25.8 Å². The Balaban J connectivity index is 2.78. The fraction of sp³-hybridized carbons (Fsp3) is 0.667. The van der Waals surface area contributed by atoms with E-state index >= 15 is 0 Å². The number of amides is 1. The number of carbonyl (C=O) groups is 1. The number of hydrogen-bond acceptors (Lipinski definition) is 3. The van der Waals surface area contributed by atoms with Crippen molar-refractivity contribution in [3.05, 3.63) is 17.0 Å². The molecular weight excluding hydrogens is 275 g/mol. The molecule has 0 aliphatic heterocycles. The van der Waals surface area contributed by atoms with Crippen molar-refractivity contribution < 1.29 is 23.1 Å². The van der Waals surface area contributed by atoms with E-state index in [0.717, 1.165) is 12.6 Å². The van der Waals surface area contributed by atoms with Crippen LogP contribution < -0.4 is 0 Å². The van der Waals surface area contributed by atoms with Crippen molar-refractivity contribution in [2.75, 3.05) is 20.2 Å². The van der Waals surface area contributed by atoms with E-state index in [0.29, 0.717) is 22.7 Å². The maximum absolute atomic E-state index is 12.2. The van der Waals surface area contributed by atoms with Gasteiger partial charge in [0.15, 0.2) is 0 Å². The number of aliphatic hydroxyl groups excluding tert-OH is 1. The third kappa shape index (κ3) is 4.22. The molecular formula is C12H18F3N3O2. The summed E-state index contributed by atoms with van der Waals surface area (Å²) in [6.45, 7) is 1.88. The summed E-state index contributed by atoms with van der Waals surface area (Å²) in [7, 11) is 1.11. The lowest BCUT2D eigenvalue weighted by molar-refractivity contribution is -0.158. The van der Waals surface area contributed by atoms with Crippen LogP contribution in [0.2, 0.25) is 0 Å². The normalized spacial score (nSPS) is 11.8. The Labute approximate surface area is 115 Å². The molecule has 0 saturated heterocycles. The summed E-state index contributed by atoms with van der Waals surface area (Å²) in [4.78, 5) is 12.4. The Morgan fingerprint density at radius 1 is 1.40 bits per heavy atom. The van der Waals surface area contributed by atoms with Gasteiger partial charge in [0.1, 0.15) is 13.1 Å². The SMILES string of the molecule is Cc1nn(CC(=O)N(C)CC(F)(F)F)c(C)c1CCO. The Morgan fingerprint density at radius 2 is 2.00 bits per heavy atom. The number of likely N-dealkylation sites (N-methyl/N-ethyl adjacent to an activating group) is 1. The molecule has 0 aromatic carbocycles. The average Bonchev–Trinajstić information content (AvgIpc) is 2.55. The predicted molar refractivity (Wildman–Crippen MR) is 66.2 cm³/mol. The molecule has 0 fully saturated rings. The maximum atomic E-state index is 12.2. The van der Waals surface area contributed by atoms with E-state index in [-0.39, 0.29) is 13.2 Å². The van der Waals surface area contributed by atoms with Crippen LogP contribution in [0, 0.1) is 13.8 Å². The highest BCUT2D eigenvalue weighted by Gasteiger charge is 2.31. The highest BCUT2D eigenvalue weighted by atomic mass is 19.4. The van der Waals surface area contributed by atoms with Gasteiger partial charge in [-0.1, -0.05) is 0 Å². The molecule has 1 heterocycles. The number of halogens is 3. The lowest BCUT2D eigenvalue weighted by Crippen LogP contribution is -2.38. The highest BCUT2D eigenvalue weighted by molar-refractivity contribution is 5.75. The van der Waals surface area contributed by atoms with Gasteiger partial charge in [0.2, 0.25) is 5.91 Å². The van der Waals surface area contributed by atoms with Gasteiger partial charge in [-0.25, -0.2) is 0 Å². The van der Waals surface area contributed by atoms with Crippen molar-refractivity contribution in [3.63, 3.8) is 0 Å². The fourth-order valence-corrected chi connectivity index (χ4v) is 1.97. The highest BCUT2D eigenvalue weighted by Crippen LogP contribution is 2.17. The summed E-state index contributed by atoms with van der Waals surface area (Å²) in [6.07, 6.45) is -4.01. The zero-order valence-electron chi connectivity index (χ0n) is 11.7. The summed E-state index contributed by atoms with van der Waals surface area (Å²) in [6, 6.07) is 0. The van der Waals surface area contributed by atoms with Gasteiger partial charge < -0.3 is 10.0 Å². The van der Waals surface area contributed by atoms with E-state index in [2.05, 4.69) is 5.10 Å². The number of rotatable bonds is 5. The summed E-state index contributed by atoms with van der Waals surface area (Å²) >= 11 is 0. The second-order valence-electron chi connectivity index (χ2n) is 4.65. The molecule has 114 valence electrons. The van der Waals surface area contributed by atoms with Gasteiger partial charge in [-0.15, -0.1) is 0 Å². The van der Waals surface area contributed by atoms with Crippen LogP contribution in [0.15, 0.2) is 0 Å². The molecule has 0 saturated carbocycles.